The van der Waals surface area contributed by atoms with E-state index in [2.05, 4.69) is 96.7 Å². The van der Waals surface area contributed by atoms with E-state index in [-0.39, 0.29) is 0 Å². The quantitative estimate of drug-likeness (QED) is 0.354. The second-order valence-electron chi connectivity index (χ2n) is 8.71. The molecule has 0 saturated carbocycles. The molecule has 0 amide bonds. The second-order valence-corrected chi connectivity index (χ2v) is 8.71. The molecule has 0 aliphatic heterocycles. The Morgan fingerprint density at radius 2 is 1.18 bits per heavy atom. The summed E-state index contributed by atoms with van der Waals surface area (Å²) in [6.07, 6.45) is 2.10. The lowest BCUT2D eigenvalue weighted by Gasteiger charge is -2.25. The highest BCUT2D eigenvalue weighted by atomic mass is 16.5. The molecule has 0 aliphatic carbocycles. The minimum Gasteiger partial charge on any atom is -0.493 e. The first-order valence-electron chi connectivity index (χ1n) is 11.8. The fourth-order valence-corrected chi connectivity index (χ4v) is 4.17. The predicted octanol–water partition coefficient (Wildman–Crippen LogP) is 5.33. The Balaban J connectivity index is 1.46. The van der Waals surface area contributed by atoms with E-state index in [0.717, 1.165) is 50.5 Å². The number of likely N-dealkylation sites (N-methyl/N-ethyl adjacent to an activating group) is 2. The highest BCUT2D eigenvalue weighted by Crippen LogP contribution is 2.28. The lowest BCUT2D eigenvalue weighted by atomic mass is 9.88. The van der Waals surface area contributed by atoms with Crippen LogP contribution in [0.5, 0.6) is 11.5 Å². The van der Waals surface area contributed by atoms with E-state index in [1.165, 1.54) is 16.7 Å². The molecule has 176 valence electrons. The van der Waals surface area contributed by atoms with Gasteiger partial charge in [0.05, 0.1) is 14.2 Å². The van der Waals surface area contributed by atoms with Gasteiger partial charge in [-0.05, 0) is 62.3 Å². The van der Waals surface area contributed by atoms with E-state index < -0.39 is 0 Å². The van der Waals surface area contributed by atoms with E-state index in [0.29, 0.717) is 5.92 Å². The molecule has 0 fully saturated rings. The summed E-state index contributed by atoms with van der Waals surface area (Å²) in [6.45, 7) is 4.18. The molecule has 0 saturated heterocycles. The molecule has 3 rings (SSSR count). The predicted molar refractivity (Wildman–Crippen MR) is 138 cm³/mol. The number of hydrogen-bond donors (Lipinski definition) is 0. The minimum absolute atomic E-state index is 0.428. The van der Waals surface area contributed by atoms with Gasteiger partial charge in [0.1, 0.15) is 0 Å². The zero-order valence-corrected chi connectivity index (χ0v) is 20.5. The van der Waals surface area contributed by atoms with Gasteiger partial charge < -0.3 is 19.3 Å². The Morgan fingerprint density at radius 3 is 1.73 bits per heavy atom. The molecule has 0 unspecified atom stereocenters. The molecular formula is C29H38N2O2. The van der Waals surface area contributed by atoms with Crippen molar-refractivity contribution in [1.29, 1.82) is 0 Å². The molecule has 0 atom stereocenters. The standard InChI is InChI=1S/C29H38N2O2/c1-30(19-17-24-15-16-28(32-3)29(23-24)33-4)21-22-31(2)20-18-27(25-11-7-5-8-12-25)26-13-9-6-10-14-26/h5-16,23,27H,17-22H2,1-4H3. The van der Waals surface area contributed by atoms with Crippen LogP contribution in [0.3, 0.4) is 0 Å². The zero-order chi connectivity index (χ0) is 23.5. The van der Waals surface area contributed by atoms with Crippen molar-refractivity contribution in [1.82, 2.24) is 9.80 Å². The van der Waals surface area contributed by atoms with Crippen LogP contribution in [0.2, 0.25) is 0 Å². The van der Waals surface area contributed by atoms with Gasteiger partial charge in [-0.2, -0.15) is 0 Å². The van der Waals surface area contributed by atoms with Crippen molar-refractivity contribution < 1.29 is 9.47 Å². The fraction of sp³-hybridized carbons (Fsp3) is 0.379. The average molecular weight is 447 g/mol. The maximum Gasteiger partial charge on any atom is 0.160 e. The molecule has 3 aromatic rings. The van der Waals surface area contributed by atoms with E-state index in [4.69, 9.17) is 9.47 Å². The molecular weight excluding hydrogens is 408 g/mol. The van der Waals surface area contributed by atoms with E-state index >= 15 is 0 Å². The van der Waals surface area contributed by atoms with Gasteiger partial charge >= 0.3 is 0 Å². The van der Waals surface area contributed by atoms with Crippen LogP contribution in [0.1, 0.15) is 29.0 Å². The molecule has 0 N–H and O–H groups in total. The number of nitrogens with zero attached hydrogens (tertiary/aromatic N) is 2. The van der Waals surface area contributed by atoms with E-state index in [1.54, 1.807) is 14.2 Å². The van der Waals surface area contributed by atoms with Gasteiger partial charge in [0.15, 0.2) is 11.5 Å². The molecule has 0 heterocycles. The smallest absolute Gasteiger partial charge is 0.160 e. The Morgan fingerprint density at radius 1 is 0.636 bits per heavy atom. The first kappa shape index (κ1) is 24.8. The fourth-order valence-electron chi connectivity index (χ4n) is 4.17. The Kier molecular flexibility index (Phi) is 9.79. The maximum absolute atomic E-state index is 5.43. The van der Waals surface area contributed by atoms with E-state index in [1.807, 2.05) is 6.07 Å². The zero-order valence-electron chi connectivity index (χ0n) is 20.5. The summed E-state index contributed by atoms with van der Waals surface area (Å²) in [5.41, 5.74) is 4.05. The average Bonchev–Trinajstić information content (AvgIpc) is 2.87. The van der Waals surface area contributed by atoms with Gasteiger partial charge in [-0.15, -0.1) is 0 Å². The summed E-state index contributed by atoms with van der Waals surface area (Å²) in [5, 5.41) is 0. The van der Waals surface area contributed by atoms with Gasteiger partial charge in [0, 0.05) is 25.6 Å². The van der Waals surface area contributed by atoms with Crippen molar-refractivity contribution in [3.05, 3.63) is 95.6 Å². The highest BCUT2D eigenvalue weighted by Gasteiger charge is 2.15. The largest absolute Gasteiger partial charge is 0.493 e. The van der Waals surface area contributed by atoms with Crippen molar-refractivity contribution in [2.24, 2.45) is 0 Å². The number of rotatable bonds is 13. The summed E-state index contributed by atoms with van der Waals surface area (Å²) in [7, 11) is 7.79. The van der Waals surface area contributed by atoms with Crippen molar-refractivity contribution in [2.75, 3.05) is 54.5 Å². The Labute approximate surface area is 199 Å². The molecule has 0 bridgehead atoms. The van der Waals surface area contributed by atoms with Crippen molar-refractivity contribution in [3.8, 4) is 11.5 Å². The normalized spacial score (nSPS) is 11.4. The molecule has 0 radical (unpaired) electrons. The van der Waals surface area contributed by atoms with Crippen molar-refractivity contribution >= 4 is 0 Å². The SMILES string of the molecule is COc1ccc(CCN(C)CCN(C)CCC(c2ccccc2)c2ccccc2)cc1OC. The molecule has 0 aliphatic rings. The first-order chi connectivity index (χ1) is 16.1. The minimum atomic E-state index is 0.428. The summed E-state index contributed by atoms with van der Waals surface area (Å²) >= 11 is 0. The van der Waals surface area contributed by atoms with Crippen LogP contribution in [0, 0.1) is 0 Å². The lowest BCUT2D eigenvalue weighted by Crippen LogP contribution is -2.33. The van der Waals surface area contributed by atoms with Crippen molar-refractivity contribution in [3.63, 3.8) is 0 Å². The third kappa shape index (κ3) is 7.62. The van der Waals surface area contributed by atoms with Crippen LogP contribution in [0.15, 0.2) is 78.9 Å². The highest BCUT2D eigenvalue weighted by molar-refractivity contribution is 5.43. The van der Waals surface area contributed by atoms with Crippen LogP contribution in [-0.2, 0) is 6.42 Å². The number of methoxy groups -OCH3 is 2. The third-order valence-electron chi connectivity index (χ3n) is 6.30. The van der Waals surface area contributed by atoms with Crippen LogP contribution in [-0.4, -0.2) is 64.3 Å². The Hall–Kier alpha value is -2.82. The van der Waals surface area contributed by atoms with Crippen LogP contribution < -0.4 is 9.47 Å². The van der Waals surface area contributed by atoms with Crippen LogP contribution >= 0.6 is 0 Å². The van der Waals surface area contributed by atoms with Gasteiger partial charge in [0.25, 0.3) is 0 Å². The van der Waals surface area contributed by atoms with Crippen molar-refractivity contribution in [2.45, 2.75) is 18.8 Å². The second kappa shape index (κ2) is 13.0. The topological polar surface area (TPSA) is 24.9 Å². The van der Waals surface area contributed by atoms with Gasteiger partial charge in [-0.25, -0.2) is 0 Å². The number of hydrogen-bond acceptors (Lipinski definition) is 4. The van der Waals surface area contributed by atoms with E-state index in [9.17, 15) is 0 Å². The van der Waals surface area contributed by atoms with Crippen LogP contribution in [0.25, 0.3) is 0 Å². The summed E-state index contributed by atoms with van der Waals surface area (Å²) < 4.78 is 10.8. The molecule has 3 aromatic carbocycles. The lowest BCUT2D eigenvalue weighted by molar-refractivity contribution is 0.254. The van der Waals surface area contributed by atoms with Crippen LogP contribution in [0.4, 0.5) is 0 Å². The third-order valence-corrected chi connectivity index (χ3v) is 6.30. The molecule has 0 spiro atoms. The summed E-state index contributed by atoms with van der Waals surface area (Å²) in [6, 6.07) is 27.9. The first-order valence-corrected chi connectivity index (χ1v) is 11.8. The van der Waals surface area contributed by atoms with Gasteiger partial charge in [-0.1, -0.05) is 66.7 Å². The summed E-state index contributed by atoms with van der Waals surface area (Å²) in [5.74, 6) is 2.00. The molecule has 33 heavy (non-hydrogen) atoms. The molecule has 4 nitrogen and oxygen atoms in total. The number of ether oxygens (including phenoxy) is 2. The van der Waals surface area contributed by atoms with Gasteiger partial charge in [-0.3, -0.25) is 0 Å². The molecule has 0 aromatic heterocycles. The summed E-state index contributed by atoms with van der Waals surface area (Å²) in [4.78, 5) is 4.85. The Bertz CT molecular complexity index is 907. The maximum atomic E-state index is 5.43. The number of benzene rings is 3. The molecule has 4 heteroatoms. The van der Waals surface area contributed by atoms with Gasteiger partial charge in [0.2, 0.25) is 0 Å². The monoisotopic (exact) mass is 446 g/mol.